The molecule has 0 aliphatic heterocycles. The molecule has 0 heterocycles. The first-order chi connectivity index (χ1) is 9.47. The summed E-state index contributed by atoms with van der Waals surface area (Å²) in [5.74, 6) is -0.711. The number of amides is 2. The molecule has 0 unspecified atom stereocenters. The molecule has 0 radical (unpaired) electrons. The van der Waals surface area contributed by atoms with Gasteiger partial charge in [-0.2, -0.15) is 0 Å². The molecule has 0 saturated carbocycles. The second kappa shape index (κ2) is 5.88. The number of halogens is 1. The minimum absolute atomic E-state index is 0.215. The third kappa shape index (κ3) is 3.24. The fraction of sp³-hybridized carbons (Fsp3) is 0.0667. The summed E-state index contributed by atoms with van der Waals surface area (Å²) in [6.45, 7) is 1.92. The Bertz CT molecular complexity index is 666. The maximum Gasteiger partial charge on any atom is 0.256 e. The monoisotopic (exact) mass is 332 g/mol. The van der Waals surface area contributed by atoms with Crippen LogP contribution < -0.4 is 11.1 Å². The van der Waals surface area contributed by atoms with Crippen LogP contribution in [0.3, 0.4) is 0 Å². The predicted octanol–water partition coefficient (Wildman–Crippen LogP) is 3.11. The van der Waals surface area contributed by atoms with E-state index >= 15 is 0 Å². The predicted molar refractivity (Wildman–Crippen MR) is 81.8 cm³/mol. The van der Waals surface area contributed by atoms with Gasteiger partial charge >= 0.3 is 0 Å². The Hall–Kier alpha value is -2.14. The van der Waals surface area contributed by atoms with Gasteiger partial charge in [0.15, 0.2) is 0 Å². The highest BCUT2D eigenvalue weighted by atomic mass is 79.9. The summed E-state index contributed by atoms with van der Waals surface area (Å²) in [4.78, 5) is 23.1. The van der Waals surface area contributed by atoms with Gasteiger partial charge in [-0.15, -0.1) is 0 Å². The fourth-order valence-corrected chi connectivity index (χ4v) is 2.16. The number of nitrogens with one attached hydrogen (secondary N) is 1. The summed E-state index contributed by atoms with van der Waals surface area (Å²) in [5.41, 5.74) is 7.73. The number of carbonyl (C=O) groups is 2. The standard InChI is InChI=1S/C15H13BrN2O2/c1-9-2-7-13(16)12(8-9)15(20)18-11-5-3-10(4-6-11)14(17)19/h2-8H,1H3,(H2,17,19)(H,18,20). The molecule has 2 amide bonds. The molecule has 0 bridgehead atoms. The van der Waals surface area contributed by atoms with Crippen LogP contribution in [0, 0.1) is 6.92 Å². The number of primary amides is 1. The molecule has 0 aliphatic rings. The Morgan fingerprint density at radius 1 is 1.10 bits per heavy atom. The second-order valence-corrected chi connectivity index (χ2v) is 5.23. The van der Waals surface area contributed by atoms with Crippen molar-refractivity contribution in [2.45, 2.75) is 6.92 Å². The molecule has 0 saturated heterocycles. The van der Waals surface area contributed by atoms with Crippen molar-refractivity contribution in [2.24, 2.45) is 5.73 Å². The van der Waals surface area contributed by atoms with Gasteiger partial charge < -0.3 is 11.1 Å². The zero-order chi connectivity index (χ0) is 14.7. The lowest BCUT2D eigenvalue weighted by Crippen LogP contribution is -2.14. The van der Waals surface area contributed by atoms with Crippen molar-refractivity contribution in [2.75, 3.05) is 5.32 Å². The summed E-state index contributed by atoms with van der Waals surface area (Å²) in [6.07, 6.45) is 0. The van der Waals surface area contributed by atoms with E-state index in [2.05, 4.69) is 21.2 Å². The summed E-state index contributed by atoms with van der Waals surface area (Å²) in [6, 6.07) is 12.0. The first-order valence-electron chi connectivity index (χ1n) is 5.95. The van der Waals surface area contributed by atoms with Gasteiger partial charge in [0.2, 0.25) is 5.91 Å². The van der Waals surface area contributed by atoms with Gasteiger partial charge in [0, 0.05) is 15.7 Å². The fourth-order valence-electron chi connectivity index (χ4n) is 1.73. The summed E-state index contributed by atoms with van der Waals surface area (Å²) >= 11 is 3.35. The van der Waals surface area contributed by atoms with E-state index in [0.29, 0.717) is 16.8 Å². The molecular formula is C15H13BrN2O2. The maximum atomic E-state index is 12.2. The van der Waals surface area contributed by atoms with Gasteiger partial charge in [-0.3, -0.25) is 9.59 Å². The lowest BCUT2D eigenvalue weighted by Gasteiger charge is -2.08. The number of anilines is 1. The van der Waals surface area contributed by atoms with Crippen LogP contribution in [0.2, 0.25) is 0 Å². The zero-order valence-corrected chi connectivity index (χ0v) is 12.4. The van der Waals surface area contributed by atoms with E-state index in [9.17, 15) is 9.59 Å². The van der Waals surface area contributed by atoms with Gasteiger partial charge in [0.05, 0.1) is 5.56 Å². The number of aryl methyl sites for hydroxylation is 1. The first-order valence-corrected chi connectivity index (χ1v) is 6.74. The van der Waals surface area contributed by atoms with Crippen LogP contribution in [0.1, 0.15) is 26.3 Å². The Morgan fingerprint density at radius 3 is 2.35 bits per heavy atom. The molecule has 20 heavy (non-hydrogen) atoms. The number of rotatable bonds is 3. The summed E-state index contributed by atoms with van der Waals surface area (Å²) in [7, 11) is 0. The van der Waals surface area contributed by atoms with Crippen molar-refractivity contribution in [3.05, 3.63) is 63.6 Å². The van der Waals surface area contributed by atoms with E-state index in [1.54, 1.807) is 30.3 Å². The van der Waals surface area contributed by atoms with Crippen LogP contribution in [0.15, 0.2) is 46.9 Å². The van der Waals surface area contributed by atoms with E-state index in [0.717, 1.165) is 10.0 Å². The van der Waals surface area contributed by atoms with Crippen molar-refractivity contribution in [3.8, 4) is 0 Å². The lowest BCUT2D eigenvalue weighted by atomic mass is 10.1. The highest BCUT2D eigenvalue weighted by Gasteiger charge is 2.10. The third-order valence-corrected chi connectivity index (χ3v) is 3.49. The number of carbonyl (C=O) groups excluding carboxylic acids is 2. The lowest BCUT2D eigenvalue weighted by molar-refractivity contribution is 0.0998. The molecule has 0 aliphatic carbocycles. The molecule has 2 rings (SSSR count). The van der Waals surface area contributed by atoms with Crippen molar-refractivity contribution in [1.82, 2.24) is 0 Å². The third-order valence-electron chi connectivity index (χ3n) is 2.79. The Kier molecular flexibility index (Phi) is 4.20. The summed E-state index contributed by atoms with van der Waals surface area (Å²) in [5, 5.41) is 2.77. The highest BCUT2D eigenvalue weighted by molar-refractivity contribution is 9.10. The van der Waals surface area contributed by atoms with E-state index in [1.165, 1.54) is 0 Å². The topological polar surface area (TPSA) is 72.2 Å². The summed E-state index contributed by atoms with van der Waals surface area (Å²) < 4.78 is 0.731. The molecule has 3 N–H and O–H groups in total. The van der Waals surface area contributed by atoms with Gasteiger partial charge in [-0.1, -0.05) is 11.6 Å². The maximum absolute atomic E-state index is 12.2. The number of benzene rings is 2. The SMILES string of the molecule is Cc1ccc(Br)c(C(=O)Nc2ccc(C(N)=O)cc2)c1. The molecule has 0 aromatic heterocycles. The van der Waals surface area contributed by atoms with Crippen LogP contribution >= 0.6 is 15.9 Å². The quantitative estimate of drug-likeness (QED) is 0.906. The Morgan fingerprint density at radius 2 is 1.75 bits per heavy atom. The number of hydrogen-bond acceptors (Lipinski definition) is 2. The van der Waals surface area contributed by atoms with Crippen molar-refractivity contribution >= 4 is 33.4 Å². The van der Waals surface area contributed by atoms with Crippen molar-refractivity contribution in [1.29, 1.82) is 0 Å². The van der Waals surface area contributed by atoms with Crippen LogP contribution in [0.4, 0.5) is 5.69 Å². The minimum atomic E-state index is -0.496. The number of nitrogens with two attached hydrogens (primary N) is 1. The highest BCUT2D eigenvalue weighted by Crippen LogP contribution is 2.20. The second-order valence-electron chi connectivity index (χ2n) is 4.38. The molecule has 0 spiro atoms. The molecular weight excluding hydrogens is 320 g/mol. The first kappa shape index (κ1) is 14.3. The Balaban J connectivity index is 2.19. The number of hydrogen-bond donors (Lipinski definition) is 2. The van der Waals surface area contributed by atoms with Gasteiger partial charge in [-0.05, 0) is 59.3 Å². The molecule has 0 fully saturated rings. The van der Waals surface area contributed by atoms with Crippen LogP contribution in [0.25, 0.3) is 0 Å². The van der Waals surface area contributed by atoms with Crippen LogP contribution in [-0.2, 0) is 0 Å². The molecule has 5 heteroatoms. The van der Waals surface area contributed by atoms with E-state index in [-0.39, 0.29) is 5.91 Å². The van der Waals surface area contributed by atoms with Gasteiger partial charge in [0.25, 0.3) is 5.91 Å². The largest absolute Gasteiger partial charge is 0.366 e. The average molecular weight is 333 g/mol. The Labute approximate surface area is 125 Å². The zero-order valence-electron chi connectivity index (χ0n) is 10.8. The molecule has 4 nitrogen and oxygen atoms in total. The molecule has 0 atom stereocenters. The van der Waals surface area contributed by atoms with E-state index < -0.39 is 5.91 Å². The van der Waals surface area contributed by atoms with E-state index in [4.69, 9.17) is 5.73 Å². The average Bonchev–Trinajstić information content (AvgIpc) is 2.42. The van der Waals surface area contributed by atoms with Crippen molar-refractivity contribution in [3.63, 3.8) is 0 Å². The smallest absolute Gasteiger partial charge is 0.256 e. The normalized spacial score (nSPS) is 10.1. The molecule has 2 aromatic rings. The van der Waals surface area contributed by atoms with Crippen LogP contribution in [0.5, 0.6) is 0 Å². The molecule has 2 aromatic carbocycles. The molecule has 102 valence electrons. The van der Waals surface area contributed by atoms with Crippen LogP contribution in [-0.4, -0.2) is 11.8 Å². The van der Waals surface area contributed by atoms with Gasteiger partial charge in [0.1, 0.15) is 0 Å². The minimum Gasteiger partial charge on any atom is -0.366 e. The van der Waals surface area contributed by atoms with Crippen molar-refractivity contribution < 1.29 is 9.59 Å². The van der Waals surface area contributed by atoms with Gasteiger partial charge in [-0.25, -0.2) is 0 Å². The van der Waals surface area contributed by atoms with E-state index in [1.807, 2.05) is 19.1 Å².